The lowest BCUT2D eigenvalue weighted by Gasteiger charge is -2.34. The summed E-state index contributed by atoms with van der Waals surface area (Å²) in [5.41, 5.74) is 1.48. The summed E-state index contributed by atoms with van der Waals surface area (Å²) >= 11 is 0. The average molecular weight is 350 g/mol. The molecule has 132 valence electrons. The molecule has 2 atom stereocenters. The van der Waals surface area contributed by atoms with E-state index in [1.807, 2.05) is 13.8 Å². The van der Waals surface area contributed by atoms with Crippen LogP contribution in [0.25, 0.3) is 0 Å². The molecule has 1 aromatic rings. The van der Waals surface area contributed by atoms with Crippen LogP contribution in [0.4, 0.5) is 5.69 Å². The largest absolute Gasteiger partial charge is 0.323 e. The number of anilines is 1. The molecular formula is C18H26N2O3S. The van der Waals surface area contributed by atoms with E-state index in [9.17, 15) is 13.2 Å². The number of rotatable bonds is 4. The molecule has 1 amide bonds. The smallest absolute Gasteiger partial charge is 0.248 e. The first-order valence-electron chi connectivity index (χ1n) is 8.24. The number of benzene rings is 1. The number of carbonyl (C=O) groups excluding carboxylic acids is 1. The molecule has 1 fully saturated rings. The molecule has 1 aliphatic rings. The molecule has 0 spiro atoms. The molecule has 0 bridgehead atoms. The van der Waals surface area contributed by atoms with E-state index in [1.54, 1.807) is 28.6 Å². The summed E-state index contributed by atoms with van der Waals surface area (Å²) in [5.74, 6) is 0.515. The molecule has 2 rings (SSSR count). The lowest BCUT2D eigenvalue weighted by molar-refractivity contribution is -0.111. The SMILES string of the molecule is CC(C)=CC(=O)Nc1ccc(S(=O)(=O)N2C[C@H](C)C[C@H](C)C2)cc1. The van der Waals surface area contributed by atoms with Crippen LogP contribution in [-0.4, -0.2) is 31.7 Å². The number of hydrogen-bond donors (Lipinski definition) is 1. The lowest BCUT2D eigenvalue weighted by Crippen LogP contribution is -2.42. The fourth-order valence-electron chi connectivity index (χ4n) is 3.10. The second kappa shape index (κ2) is 7.49. The molecule has 0 radical (unpaired) electrons. The van der Waals surface area contributed by atoms with Crippen molar-refractivity contribution in [3.63, 3.8) is 0 Å². The Kier molecular flexibility index (Phi) is 5.83. The molecule has 1 aromatic carbocycles. The zero-order chi connectivity index (χ0) is 17.9. The molecule has 0 aliphatic carbocycles. The first-order chi connectivity index (χ1) is 11.2. The molecule has 0 saturated carbocycles. The third-order valence-corrected chi connectivity index (χ3v) is 5.86. The molecule has 1 saturated heterocycles. The van der Waals surface area contributed by atoms with Gasteiger partial charge < -0.3 is 5.32 Å². The van der Waals surface area contributed by atoms with E-state index in [0.717, 1.165) is 12.0 Å². The summed E-state index contributed by atoms with van der Waals surface area (Å²) < 4.78 is 27.1. The maximum Gasteiger partial charge on any atom is 0.248 e. The van der Waals surface area contributed by atoms with Crippen LogP contribution in [0.5, 0.6) is 0 Å². The van der Waals surface area contributed by atoms with E-state index in [0.29, 0.717) is 30.6 Å². The van der Waals surface area contributed by atoms with E-state index in [4.69, 9.17) is 0 Å². The number of hydrogen-bond acceptors (Lipinski definition) is 3. The minimum atomic E-state index is -3.48. The molecule has 5 nitrogen and oxygen atoms in total. The number of carbonyl (C=O) groups is 1. The van der Waals surface area contributed by atoms with Crippen molar-refractivity contribution in [3.05, 3.63) is 35.9 Å². The standard InChI is InChI=1S/C18H26N2O3S/c1-13(2)9-18(21)19-16-5-7-17(8-6-16)24(22,23)20-11-14(3)10-15(4)12-20/h5-9,14-15H,10-12H2,1-4H3,(H,19,21)/t14-,15+. The van der Waals surface area contributed by atoms with E-state index in [-0.39, 0.29) is 10.8 Å². The van der Waals surface area contributed by atoms with E-state index in [2.05, 4.69) is 19.2 Å². The summed E-state index contributed by atoms with van der Waals surface area (Å²) in [6, 6.07) is 6.36. The van der Waals surface area contributed by atoms with Gasteiger partial charge in [0.2, 0.25) is 15.9 Å². The van der Waals surface area contributed by atoms with Crippen molar-refractivity contribution < 1.29 is 13.2 Å². The van der Waals surface area contributed by atoms with Crippen LogP contribution in [0.2, 0.25) is 0 Å². The highest BCUT2D eigenvalue weighted by molar-refractivity contribution is 7.89. The zero-order valence-corrected chi connectivity index (χ0v) is 15.6. The summed E-state index contributed by atoms with van der Waals surface area (Å²) in [5, 5.41) is 2.72. The van der Waals surface area contributed by atoms with Crippen LogP contribution in [-0.2, 0) is 14.8 Å². The second-order valence-corrected chi connectivity index (χ2v) is 8.94. The zero-order valence-electron chi connectivity index (χ0n) is 14.7. The van der Waals surface area contributed by atoms with Gasteiger partial charge in [-0.3, -0.25) is 4.79 Å². The van der Waals surface area contributed by atoms with Gasteiger partial charge in [-0.2, -0.15) is 4.31 Å². The first kappa shape index (κ1) is 18.7. The number of nitrogens with one attached hydrogen (secondary N) is 1. The summed E-state index contributed by atoms with van der Waals surface area (Å²) in [7, 11) is -3.48. The van der Waals surface area contributed by atoms with Gasteiger partial charge >= 0.3 is 0 Å². The van der Waals surface area contributed by atoms with Gasteiger partial charge in [0.1, 0.15) is 0 Å². The Bertz CT molecular complexity index is 709. The Labute approximate surface area is 144 Å². The number of nitrogens with zero attached hydrogens (tertiary/aromatic N) is 1. The van der Waals surface area contributed by atoms with Crippen LogP contribution in [0, 0.1) is 11.8 Å². The third kappa shape index (κ3) is 4.68. The van der Waals surface area contributed by atoms with Gasteiger partial charge in [0.25, 0.3) is 0 Å². The normalized spacial score (nSPS) is 22.0. The highest BCUT2D eigenvalue weighted by atomic mass is 32.2. The summed E-state index contributed by atoms with van der Waals surface area (Å²) in [6.45, 7) is 8.98. The van der Waals surface area contributed by atoms with E-state index < -0.39 is 10.0 Å². The first-order valence-corrected chi connectivity index (χ1v) is 9.68. The highest BCUT2D eigenvalue weighted by Crippen LogP contribution is 2.27. The second-order valence-electron chi connectivity index (χ2n) is 7.00. The van der Waals surface area contributed by atoms with Gasteiger partial charge in [-0.15, -0.1) is 0 Å². The number of allylic oxidation sites excluding steroid dienone is 1. The Morgan fingerprint density at radius 1 is 1.12 bits per heavy atom. The fourth-order valence-corrected chi connectivity index (χ4v) is 4.78. The van der Waals surface area contributed by atoms with Crippen LogP contribution in [0.15, 0.2) is 40.8 Å². The van der Waals surface area contributed by atoms with Gasteiger partial charge in [-0.25, -0.2) is 8.42 Å². The Morgan fingerprint density at radius 2 is 1.67 bits per heavy atom. The maximum atomic E-state index is 12.8. The fraction of sp³-hybridized carbons (Fsp3) is 0.500. The van der Waals surface area contributed by atoms with Crippen molar-refractivity contribution >= 4 is 21.6 Å². The Balaban J connectivity index is 2.14. The van der Waals surface area contributed by atoms with Crippen molar-refractivity contribution in [1.29, 1.82) is 0 Å². The maximum absolute atomic E-state index is 12.8. The number of piperidine rings is 1. The van der Waals surface area contributed by atoms with Gasteiger partial charge in [-0.1, -0.05) is 19.4 Å². The third-order valence-electron chi connectivity index (χ3n) is 4.01. The van der Waals surface area contributed by atoms with Crippen LogP contribution in [0.3, 0.4) is 0 Å². The van der Waals surface area contributed by atoms with Crippen molar-refractivity contribution in [2.24, 2.45) is 11.8 Å². The van der Waals surface area contributed by atoms with Gasteiger partial charge in [0, 0.05) is 24.9 Å². The van der Waals surface area contributed by atoms with Gasteiger partial charge in [0.15, 0.2) is 0 Å². The van der Waals surface area contributed by atoms with Crippen LogP contribution in [0.1, 0.15) is 34.1 Å². The van der Waals surface area contributed by atoms with Gasteiger partial charge in [-0.05, 0) is 56.4 Å². The number of amides is 1. The lowest BCUT2D eigenvalue weighted by atomic mass is 9.94. The monoisotopic (exact) mass is 350 g/mol. The van der Waals surface area contributed by atoms with Crippen molar-refractivity contribution in [2.75, 3.05) is 18.4 Å². The minimum Gasteiger partial charge on any atom is -0.323 e. The molecule has 1 aliphatic heterocycles. The summed E-state index contributed by atoms with van der Waals surface area (Å²) in [4.78, 5) is 12.0. The van der Waals surface area contributed by atoms with Crippen LogP contribution < -0.4 is 5.32 Å². The quantitative estimate of drug-likeness (QED) is 0.848. The predicted molar refractivity (Wildman–Crippen MR) is 96.2 cm³/mol. The van der Waals surface area contributed by atoms with E-state index >= 15 is 0 Å². The van der Waals surface area contributed by atoms with Crippen molar-refractivity contribution in [2.45, 2.75) is 39.0 Å². The number of sulfonamides is 1. The Hall–Kier alpha value is -1.66. The Morgan fingerprint density at radius 3 is 2.17 bits per heavy atom. The van der Waals surface area contributed by atoms with Gasteiger partial charge in [0.05, 0.1) is 4.90 Å². The average Bonchev–Trinajstić information content (AvgIpc) is 2.45. The van der Waals surface area contributed by atoms with Crippen molar-refractivity contribution in [3.8, 4) is 0 Å². The topological polar surface area (TPSA) is 66.5 Å². The van der Waals surface area contributed by atoms with E-state index in [1.165, 1.54) is 6.08 Å². The molecule has 24 heavy (non-hydrogen) atoms. The molecule has 0 aromatic heterocycles. The molecule has 1 heterocycles. The molecular weight excluding hydrogens is 324 g/mol. The summed E-state index contributed by atoms with van der Waals surface area (Å²) in [6.07, 6.45) is 2.56. The molecule has 1 N–H and O–H groups in total. The minimum absolute atomic E-state index is 0.218. The highest BCUT2D eigenvalue weighted by Gasteiger charge is 2.31. The van der Waals surface area contributed by atoms with Crippen LogP contribution >= 0.6 is 0 Å². The molecule has 0 unspecified atom stereocenters. The molecule has 6 heteroatoms. The van der Waals surface area contributed by atoms with Crippen molar-refractivity contribution in [1.82, 2.24) is 4.31 Å². The predicted octanol–water partition coefficient (Wildman–Crippen LogP) is 3.26.